The standard InChI is InChI=1S/C33H39N3O3/c1-24-23-32(30-10-4-5-11-31(30)35(24)33(38)27-14-18-29(39-3)19-15-27)36(25(2)37)28-16-12-26(13-17-28)9-8-22-34-20-6-7-21-34/h4-5,10-19,24,32H,6-9,20-23H2,1-3H3/t24-,32+/m0/s1. The Morgan fingerprint density at radius 3 is 2.31 bits per heavy atom. The lowest BCUT2D eigenvalue weighted by Gasteiger charge is -2.43. The maximum atomic E-state index is 13.7. The molecule has 2 aliphatic rings. The van der Waals surface area contributed by atoms with Crippen molar-refractivity contribution in [3.8, 4) is 5.75 Å². The molecule has 0 aromatic heterocycles. The molecular formula is C33H39N3O3. The highest BCUT2D eigenvalue weighted by Crippen LogP contribution is 2.42. The van der Waals surface area contributed by atoms with Gasteiger partial charge in [-0.15, -0.1) is 0 Å². The summed E-state index contributed by atoms with van der Waals surface area (Å²) in [6, 6.07) is 23.4. The summed E-state index contributed by atoms with van der Waals surface area (Å²) < 4.78 is 5.26. The maximum Gasteiger partial charge on any atom is 0.258 e. The Kier molecular flexibility index (Phi) is 8.32. The van der Waals surface area contributed by atoms with Crippen LogP contribution in [-0.2, 0) is 11.2 Å². The second-order valence-corrected chi connectivity index (χ2v) is 10.8. The molecule has 1 fully saturated rings. The first-order valence-corrected chi connectivity index (χ1v) is 14.1. The molecular weight excluding hydrogens is 486 g/mol. The lowest BCUT2D eigenvalue weighted by Crippen LogP contribution is -2.47. The third-order valence-electron chi connectivity index (χ3n) is 8.12. The molecule has 0 unspecified atom stereocenters. The molecule has 2 atom stereocenters. The summed E-state index contributed by atoms with van der Waals surface area (Å²) in [5.74, 6) is 0.663. The van der Waals surface area contributed by atoms with Crippen molar-refractivity contribution in [2.24, 2.45) is 0 Å². The Hall–Kier alpha value is -3.64. The molecule has 0 spiro atoms. The molecule has 5 rings (SSSR count). The van der Waals surface area contributed by atoms with Crippen molar-refractivity contribution in [1.82, 2.24) is 4.90 Å². The minimum atomic E-state index is -0.158. The van der Waals surface area contributed by atoms with Crippen LogP contribution in [-0.4, -0.2) is 49.5 Å². The SMILES string of the molecule is COc1ccc(C(=O)N2c3ccccc3[C@H](N(C(C)=O)c3ccc(CCCN4CCCC4)cc3)C[C@@H]2C)cc1. The molecule has 1 saturated heterocycles. The van der Waals surface area contributed by atoms with E-state index in [0.717, 1.165) is 36.3 Å². The quantitative estimate of drug-likeness (QED) is 0.349. The molecule has 0 bridgehead atoms. The van der Waals surface area contributed by atoms with Crippen LogP contribution in [0.5, 0.6) is 5.75 Å². The molecule has 0 saturated carbocycles. The largest absolute Gasteiger partial charge is 0.497 e. The van der Waals surface area contributed by atoms with Gasteiger partial charge in [0.1, 0.15) is 5.75 Å². The highest BCUT2D eigenvalue weighted by molar-refractivity contribution is 6.07. The second kappa shape index (κ2) is 12.0. The number of nitrogens with zero attached hydrogens (tertiary/aromatic N) is 3. The maximum absolute atomic E-state index is 13.7. The van der Waals surface area contributed by atoms with Crippen LogP contribution in [0.15, 0.2) is 72.8 Å². The summed E-state index contributed by atoms with van der Waals surface area (Å²) in [6.07, 6.45) is 5.50. The third-order valence-corrected chi connectivity index (χ3v) is 8.12. The van der Waals surface area contributed by atoms with Crippen LogP contribution in [0, 0.1) is 0 Å². The predicted octanol–water partition coefficient (Wildman–Crippen LogP) is 6.26. The van der Waals surface area contributed by atoms with Gasteiger partial charge in [-0.05, 0) is 112 Å². The molecule has 0 aliphatic carbocycles. The van der Waals surface area contributed by atoms with Crippen LogP contribution in [0.3, 0.4) is 0 Å². The lowest BCUT2D eigenvalue weighted by atomic mass is 9.89. The number of likely N-dealkylation sites (tertiary alicyclic amines) is 1. The minimum absolute atomic E-state index is 0.00119. The fraction of sp³-hybridized carbons (Fsp3) is 0.394. The van der Waals surface area contributed by atoms with Gasteiger partial charge in [0.15, 0.2) is 0 Å². The van der Waals surface area contributed by atoms with E-state index in [2.05, 4.69) is 36.1 Å². The van der Waals surface area contributed by atoms with Crippen LogP contribution < -0.4 is 14.5 Å². The van der Waals surface area contributed by atoms with Gasteiger partial charge in [-0.1, -0.05) is 30.3 Å². The number of amides is 2. The Bertz CT molecular complexity index is 1280. The molecule has 204 valence electrons. The van der Waals surface area contributed by atoms with E-state index in [0.29, 0.717) is 17.7 Å². The van der Waals surface area contributed by atoms with E-state index in [9.17, 15) is 9.59 Å². The number of rotatable bonds is 8. The highest BCUT2D eigenvalue weighted by Gasteiger charge is 2.38. The van der Waals surface area contributed by atoms with Gasteiger partial charge in [0.2, 0.25) is 5.91 Å². The number of para-hydroxylation sites is 1. The minimum Gasteiger partial charge on any atom is -0.497 e. The number of ether oxygens (including phenoxy) is 1. The predicted molar refractivity (Wildman–Crippen MR) is 157 cm³/mol. The Morgan fingerprint density at radius 2 is 1.64 bits per heavy atom. The number of carbonyl (C=O) groups excluding carboxylic acids is 2. The molecule has 39 heavy (non-hydrogen) atoms. The van der Waals surface area contributed by atoms with Crippen molar-refractivity contribution in [2.45, 2.75) is 58.0 Å². The first kappa shape index (κ1) is 26.9. The number of fused-ring (bicyclic) bond motifs is 1. The van der Waals surface area contributed by atoms with Crippen molar-refractivity contribution in [3.05, 3.63) is 89.5 Å². The van der Waals surface area contributed by atoms with Crippen LogP contribution >= 0.6 is 0 Å². The van der Waals surface area contributed by atoms with E-state index < -0.39 is 0 Å². The van der Waals surface area contributed by atoms with Crippen molar-refractivity contribution in [2.75, 3.05) is 36.5 Å². The number of methoxy groups -OCH3 is 1. The van der Waals surface area contributed by atoms with E-state index in [4.69, 9.17) is 4.74 Å². The molecule has 2 aliphatic heterocycles. The molecule has 6 nitrogen and oxygen atoms in total. The molecule has 3 aromatic carbocycles. The van der Waals surface area contributed by atoms with Crippen molar-refractivity contribution in [3.63, 3.8) is 0 Å². The van der Waals surface area contributed by atoms with Gasteiger partial charge in [0, 0.05) is 29.9 Å². The van der Waals surface area contributed by atoms with Gasteiger partial charge in [0.05, 0.1) is 13.2 Å². The number of anilines is 2. The van der Waals surface area contributed by atoms with Gasteiger partial charge in [-0.2, -0.15) is 0 Å². The van der Waals surface area contributed by atoms with E-state index in [1.54, 1.807) is 26.2 Å². The zero-order valence-corrected chi connectivity index (χ0v) is 23.3. The van der Waals surface area contributed by atoms with Gasteiger partial charge in [-0.3, -0.25) is 9.59 Å². The zero-order valence-electron chi connectivity index (χ0n) is 23.3. The fourth-order valence-corrected chi connectivity index (χ4v) is 6.13. The summed E-state index contributed by atoms with van der Waals surface area (Å²) in [4.78, 5) is 33.1. The molecule has 2 amide bonds. The smallest absolute Gasteiger partial charge is 0.258 e. The number of carbonyl (C=O) groups is 2. The molecule has 3 aromatic rings. The molecule has 2 heterocycles. The number of aryl methyl sites for hydroxylation is 1. The summed E-state index contributed by atoms with van der Waals surface area (Å²) >= 11 is 0. The number of hydrogen-bond donors (Lipinski definition) is 0. The zero-order chi connectivity index (χ0) is 27.4. The van der Waals surface area contributed by atoms with Crippen molar-refractivity contribution < 1.29 is 14.3 Å². The average molecular weight is 526 g/mol. The lowest BCUT2D eigenvalue weighted by molar-refractivity contribution is -0.117. The van der Waals surface area contributed by atoms with E-state index >= 15 is 0 Å². The van der Waals surface area contributed by atoms with Crippen LogP contribution in [0.25, 0.3) is 0 Å². The van der Waals surface area contributed by atoms with Crippen molar-refractivity contribution >= 4 is 23.2 Å². The molecule has 0 radical (unpaired) electrons. The second-order valence-electron chi connectivity index (χ2n) is 10.8. The fourth-order valence-electron chi connectivity index (χ4n) is 6.13. The summed E-state index contributed by atoms with van der Waals surface area (Å²) in [7, 11) is 1.61. The number of benzene rings is 3. The number of hydrogen-bond acceptors (Lipinski definition) is 4. The van der Waals surface area contributed by atoms with Crippen LogP contribution in [0.4, 0.5) is 11.4 Å². The molecule has 0 N–H and O–H groups in total. The van der Waals surface area contributed by atoms with E-state index in [-0.39, 0.29) is 23.9 Å². The van der Waals surface area contributed by atoms with Gasteiger partial charge < -0.3 is 19.4 Å². The summed E-state index contributed by atoms with van der Waals surface area (Å²) in [5.41, 5.74) is 4.65. The summed E-state index contributed by atoms with van der Waals surface area (Å²) in [5, 5.41) is 0. The van der Waals surface area contributed by atoms with Crippen LogP contribution in [0.1, 0.15) is 67.1 Å². The average Bonchev–Trinajstić information content (AvgIpc) is 3.47. The Morgan fingerprint density at radius 1 is 0.949 bits per heavy atom. The Balaban J connectivity index is 1.37. The highest BCUT2D eigenvalue weighted by atomic mass is 16.5. The van der Waals surface area contributed by atoms with E-state index in [1.165, 1.54) is 31.5 Å². The first-order valence-electron chi connectivity index (χ1n) is 14.1. The first-order chi connectivity index (χ1) is 19.0. The summed E-state index contributed by atoms with van der Waals surface area (Å²) in [6.45, 7) is 7.32. The van der Waals surface area contributed by atoms with Gasteiger partial charge in [0.25, 0.3) is 5.91 Å². The van der Waals surface area contributed by atoms with Gasteiger partial charge >= 0.3 is 0 Å². The monoisotopic (exact) mass is 525 g/mol. The van der Waals surface area contributed by atoms with Gasteiger partial charge in [-0.25, -0.2) is 0 Å². The normalized spacial score (nSPS) is 19.0. The van der Waals surface area contributed by atoms with Crippen LogP contribution in [0.2, 0.25) is 0 Å². The van der Waals surface area contributed by atoms with E-state index in [1.807, 2.05) is 46.2 Å². The topological polar surface area (TPSA) is 53.1 Å². The molecule has 6 heteroatoms. The van der Waals surface area contributed by atoms with Crippen molar-refractivity contribution in [1.29, 1.82) is 0 Å². The third kappa shape index (κ3) is 5.86. The Labute approximate surface area is 232 Å².